The van der Waals surface area contributed by atoms with Crippen LogP contribution in [0, 0.1) is 5.92 Å². The van der Waals surface area contributed by atoms with Crippen LogP contribution in [-0.4, -0.2) is 49.7 Å². The number of para-hydroxylation sites is 1. The summed E-state index contributed by atoms with van der Waals surface area (Å²) in [4.78, 5) is 28.0. The highest BCUT2D eigenvalue weighted by Crippen LogP contribution is 2.23. The normalized spacial score (nSPS) is 17.2. The molecular formula is C22H26N4O3. The average molecular weight is 394 g/mol. The van der Waals surface area contributed by atoms with Crippen LogP contribution in [0.3, 0.4) is 0 Å². The minimum absolute atomic E-state index is 0.101. The zero-order valence-electron chi connectivity index (χ0n) is 16.3. The Hall–Kier alpha value is -3.22. The van der Waals surface area contributed by atoms with Gasteiger partial charge in [0.1, 0.15) is 5.75 Å². The number of piperidine rings is 1. The molecule has 152 valence electrons. The number of rotatable bonds is 5. The van der Waals surface area contributed by atoms with Crippen molar-refractivity contribution < 1.29 is 14.3 Å². The molecule has 0 aromatic heterocycles. The van der Waals surface area contributed by atoms with Gasteiger partial charge in [-0.1, -0.05) is 24.3 Å². The van der Waals surface area contributed by atoms with Crippen molar-refractivity contribution in [3.63, 3.8) is 0 Å². The molecule has 7 nitrogen and oxygen atoms in total. The first-order chi connectivity index (χ1) is 14.2. The van der Waals surface area contributed by atoms with Crippen molar-refractivity contribution in [3.05, 3.63) is 54.6 Å². The van der Waals surface area contributed by atoms with Crippen LogP contribution >= 0.6 is 0 Å². The Morgan fingerprint density at radius 2 is 1.86 bits per heavy atom. The molecule has 0 atom stereocenters. The number of hydrogen-bond donors (Lipinski definition) is 2. The van der Waals surface area contributed by atoms with Crippen LogP contribution < -0.4 is 20.3 Å². The molecule has 0 bridgehead atoms. The van der Waals surface area contributed by atoms with Crippen molar-refractivity contribution in [1.82, 2.24) is 10.2 Å². The highest BCUT2D eigenvalue weighted by atomic mass is 16.5. The summed E-state index contributed by atoms with van der Waals surface area (Å²) in [5, 5.41) is 5.75. The van der Waals surface area contributed by atoms with Crippen molar-refractivity contribution in [1.29, 1.82) is 0 Å². The van der Waals surface area contributed by atoms with Gasteiger partial charge in [0.2, 0.25) is 0 Å². The van der Waals surface area contributed by atoms with Crippen molar-refractivity contribution in [2.45, 2.75) is 12.8 Å². The van der Waals surface area contributed by atoms with Gasteiger partial charge in [-0.05, 0) is 49.1 Å². The molecule has 2 aliphatic heterocycles. The molecule has 4 amide bonds. The van der Waals surface area contributed by atoms with Gasteiger partial charge in [-0.15, -0.1) is 0 Å². The Morgan fingerprint density at radius 1 is 1.07 bits per heavy atom. The van der Waals surface area contributed by atoms with Gasteiger partial charge in [-0.3, -0.25) is 4.90 Å². The summed E-state index contributed by atoms with van der Waals surface area (Å²) in [6, 6.07) is 17.0. The van der Waals surface area contributed by atoms with E-state index in [0.29, 0.717) is 44.4 Å². The number of amides is 4. The maximum absolute atomic E-state index is 12.6. The van der Waals surface area contributed by atoms with E-state index in [9.17, 15) is 9.59 Å². The zero-order chi connectivity index (χ0) is 20.1. The van der Waals surface area contributed by atoms with Crippen molar-refractivity contribution in [2.75, 3.05) is 43.0 Å². The lowest BCUT2D eigenvalue weighted by Crippen LogP contribution is -2.42. The first-order valence-corrected chi connectivity index (χ1v) is 10.1. The molecule has 2 N–H and O–H groups in total. The van der Waals surface area contributed by atoms with E-state index in [2.05, 4.69) is 10.6 Å². The Bertz CT molecular complexity index is 850. The molecule has 4 rings (SSSR count). The van der Waals surface area contributed by atoms with Crippen LogP contribution in [0.25, 0.3) is 0 Å². The van der Waals surface area contributed by atoms with E-state index in [-0.39, 0.29) is 12.1 Å². The van der Waals surface area contributed by atoms with Gasteiger partial charge in [0.25, 0.3) is 0 Å². The summed E-state index contributed by atoms with van der Waals surface area (Å²) in [6.07, 6.45) is 1.85. The highest BCUT2D eigenvalue weighted by molar-refractivity contribution is 5.95. The second-order valence-corrected chi connectivity index (χ2v) is 7.42. The average Bonchev–Trinajstić information content (AvgIpc) is 3.19. The fourth-order valence-electron chi connectivity index (χ4n) is 3.71. The third-order valence-corrected chi connectivity index (χ3v) is 5.40. The third kappa shape index (κ3) is 4.80. The van der Waals surface area contributed by atoms with Gasteiger partial charge in [0, 0.05) is 37.6 Å². The quantitative estimate of drug-likeness (QED) is 0.815. The second-order valence-electron chi connectivity index (χ2n) is 7.42. The molecule has 7 heteroatoms. The summed E-state index contributed by atoms with van der Waals surface area (Å²) >= 11 is 0. The van der Waals surface area contributed by atoms with E-state index in [4.69, 9.17) is 4.74 Å². The topological polar surface area (TPSA) is 73.9 Å². The molecule has 2 aromatic carbocycles. The van der Waals surface area contributed by atoms with Crippen LogP contribution in [0.5, 0.6) is 5.75 Å². The van der Waals surface area contributed by atoms with Crippen LogP contribution in [0.15, 0.2) is 54.6 Å². The van der Waals surface area contributed by atoms with Gasteiger partial charge in [-0.25, -0.2) is 9.59 Å². The van der Waals surface area contributed by atoms with Crippen LogP contribution in [-0.2, 0) is 0 Å². The summed E-state index contributed by atoms with van der Waals surface area (Å²) < 4.78 is 5.85. The number of ether oxygens (including phenoxy) is 1. The molecule has 2 aliphatic rings. The number of nitrogens with zero attached hydrogens (tertiary/aromatic N) is 2. The van der Waals surface area contributed by atoms with Crippen LogP contribution in [0.2, 0.25) is 0 Å². The smallest absolute Gasteiger partial charge is 0.321 e. The number of nitrogens with one attached hydrogen (secondary N) is 2. The maximum Gasteiger partial charge on any atom is 0.321 e. The Kier molecular flexibility index (Phi) is 5.84. The molecule has 2 saturated heterocycles. The molecular weight excluding hydrogens is 368 g/mol. The number of hydrogen-bond acceptors (Lipinski definition) is 3. The van der Waals surface area contributed by atoms with E-state index < -0.39 is 0 Å². The number of urea groups is 2. The van der Waals surface area contributed by atoms with Crippen LogP contribution in [0.1, 0.15) is 12.8 Å². The number of anilines is 2. The summed E-state index contributed by atoms with van der Waals surface area (Å²) in [5.41, 5.74) is 1.48. The Balaban J connectivity index is 1.26. The first kappa shape index (κ1) is 19.1. The fraction of sp³-hybridized carbons (Fsp3) is 0.364. The minimum atomic E-state index is -0.103. The largest absolute Gasteiger partial charge is 0.493 e. The van der Waals surface area contributed by atoms with E-state index in [0.717, 1.165) is 24.3 Å². The predicted molar refractivity (Wildman–Crippen MR) is 112 cm³/mol. The zero-order valence-corrected chi connectivity index (χ0v) is 16.3. The highest BCUT2D eigenvalue weighted by Gasteiger charge is 2.24. The number of benzene rings is 2. The van der Waals surface area contributed by atoms with Gasteiger partial charge in [-0.2, -0.15) is 0 Å². The van der Waals surface area contributed by atoms with Crippen LogP contribution in [0.4, 0.5) is 21.0 Å². The lowest BCUT2D eigenvalue weighted by Gasteiger charge is -2.32. The minimum Gasteiger partial charge on any atom is -0.493 e. The third-order valence-electron chi connectivity index (χ3n) is 5.40. The van der Waals surface area contributed by atoms with Gasteiger partial charge < -0.3 is 20.3 Å². The van der Waals surface area contributed by atoms with Crippen molar-refractivity contribution in [2.24, 2.45) is 5.92 Å². The van der Waals surface area contributed by atoms with Gasteiger partial charge in [0.05, 0.1) is 6.61 Å². The van der Waals surface area contributed by atoms with E-state index in [1.807, 2.05) is 59.5 Å². The van der Waals surface area contributed by atoms with E-state index in [1.54, 1.807) is 4.90 Å². The Labute approximate surface area is 170 Å². The molecule has 2 fully saturated rings. The second kappa shape index (κ2) is 8.86. The molecule has 2 aromatic rings. The predicted octanol–water partition coefficient (Wildman–Crippen LogP) is 3.54. The molecule has 0 spiro atoms. The monoisotopic (exact) mass is 394 g/mol. The molecule has 2 heterocycles. The van der Waals surface area contributed by atoms with E-state index >= 15 is 0 Å². The summed E-state index contributed by atoms with van der Waals surface area (Å²) in [5.74, 6) is 1.34. The molecule has 0 radical (unpaired) electrons. The lowest BCUT2D eigenvalue weighted by molar-refractivity contribution is 0.152. The SMILES string of the molecule is O=C(Nc1cccc(N2CCNC2=O)c1)N1CCC(COc2ccccc2)CC1. The first-order valence-electron chi connectivity index (χ1n) is 10.1. The van der Waals surface area contributed by atoms with Gasteiger partial charge in [0.15, 0.2) is 0 Å². The van der Waals surface area contributed by atoms with Gasteiger partial charge >= 0.3 is 12.1 Å². The van der Waals surface area contributed by atoms with Crippen molar-refractivity contribution >= 4 is 23.4 Å². The Morgan fingerprint density at radius 3 is 2.59 bits per heavy atom. The number of carbonyl (C=O) groups excluding carboxylic acids is 2. The lowest BCUT2D eigenvalue weighted by atomic mass is 9.98. The summed E-state index contributed by atoms with van der Waals surface area (Å²) in [7, 11) is 0. The number of carbonyl (C=O) groups is 2. The van der Waals surface area contributed by atoms with E-state index in [1.165, 1.54) is 0 Å². The fourth-order valence-corrected chi connectivity index (χ4v) is 3.71. The molecule has 0 saturated carbocycles. The molecule has 0 unspecified atom stereocenters. The van der Waals surface area contributed by atoms with Crippen molar-refractivity contribution in [3.8, 4) is 5.75 Å². The maximum atomic E-state index is 12.6. The summed E-state index contributed by atoms with van der Waals surface area (Å²) in [6.45, 7) is 3.37. The molecule has 0 aliphatic carbocycles. The standard InChI is InChI=1S/C22H26N4O3/c27-21-23-11-14-26(21)19-6-4-5-18(15-19)24-22(28)25-12-9-17(10-13-25)16-29-20-7-2-1-3-8-20/h1-8,15,17H,9-14,16H2,(H,23,27)(H,24,28). The molecule has 29 heavy (non-hydrogen) atoms. The number of likely N-dealkylation sites (tertiary alicyclic amines) is 1.